The van der Waals surface area contributed by atoms with E-state index in [1.54, 1.807) is 0 Å². The van der Waals surface area contributed by atoms with Gasteiger partial charge in [-0.2, -0.15) is 0 Å². The quantitative estimate of drug-likeness (QED) is 0.876. The molecule has 0 bridgehead atoms. The Balaban J connectivity index is 2.26. The predicted molar refractivity (Wildman–Crippen MR) is 60.4 cm³/mol. The van der Waals surface area contributed by atoms with Crippen LogP contribution in [0.5, 0.6) is 0 Å². The average Bonchev–Trinajstić information content (AvgIpc) is 2.43. The Morgan fingerprint density at radius 3 is 2.38 bits per heavy atom. The van der Waals surface area contributed by atoms with Crippen molar-refractivity contribution in [3.8, 4) is 0 Å². The summed E-state index contributed by atoms with van der Waals surface area (Å²) in [6.07, 6.45) is 0.400. The third-order valence-electron chi connectivity index (χ3n) is 2.15. The molecule has 0 aliphatic heterocycles. The Hall–Kier alpha value is -1.49. The van der Waals surface area contributed by atoms with Crippen LogP contribution in [0.15, 0.2) is 18.2 Å². The summed E-state index contributed by atoms with van der Waals surface area (Å²) in [7, 11) is 0. The summed E-state index contributed by atoms with van der Waals surface area (Å²) >= 11 is 1.44. The zero-order valence-corrected chi connectivity index (χ0v) is 9.44. The molecule has 0 spiro atoms. The van der Waals surface area contributed by atoms with E-state index >= 15 is 0 Å². The SMILES string of the molecule is Cc1sc(Cc2cc(F)cc(F)c2)nc1N. The van der Waals surface area contributed by atoms with Crippen molar-refractivity contribution in [1.29, 1.82) is 0 Å². The summed E-state index contributed by atoms with van der Waals surface area (Å²) in [6.45, 7) is 1.86. The van der Waals surface area contributed by atoms with Crippen LogP contribution in [-0.4, -0.2) is 4.98 Å². The number of aromatic nitrogens is 1. The van der Waals surface area contributed by atoms with E-state index in [0.29, 0.717) is 17.8 Å². The Bertz CT molecular complexity index is 483. The summed E-state index contributed by atoms with van der Waals surface area (Å²) < 4.78 is 25.9. The van der Waals surface area contributed by atoms with Crippen LogP contribution in [-0.2, 0) is 6.42 Å². The minimum absolute atomic E-state index is 0.400. The number of nitrogens with two attached hydrogens (primary N) is 1. The highest BCUT2D eigenvalue weighted by Crippen LogP contribution is 2.22. The second-order valence-electron chi connectivity index (χ2n) is 3.50. The van der Waals surface area contributed by atoms with Crippen LogP contribution in [0.3, 0.4) is 0 Å². The molecule has 5 heteroatoms. The number of hydrogen-bond donors (Lipinski definition) is 1. The zero-order chi connectivity index (χ0) is 11.7. The van der Waals surface area contributed by atoms with Crippen molar-refractivity contribution >= 4 is 17.2 Å². The van der Waals surface area contributed by atoms with Gasteiger partial charge in [0.1, 0.15) is 17.5 Å². The van der Waals surface area contributed by atoms with Gasteiger partial charge in [0.25, 0.3) is 0 Å². The number of benzene rings is 1. The van der Waals surface area contributed by atoms with Crippen LogP contribution in [0.1, 0.15) is 15.4 Å². The minimum atomic E-state index is -0.573. The summed E-state index contributed by atoms with van der Waals surface area (Å²) in [5.74, 6) is -0.663. The fourth-order valence-corrected chi connectivity index (χ4v) is 2.31. The molecule has 0 amide bonds. The number of thiazole rings is 1. The molecule has 0 fully saturated rings. The fourth-order valence-electron chi connectivity index (χ4n) is 1.43. The standard InChI is InChI=1S/C11H10F2N2S/c1-6-11(14)15-10(16-6)4-7-2-8(12)5-9(13)3-7/h2-3,5H,4,14H2,1H3. The normalized spacial score (nSPS) is 10.7. The van der Waals surface area contributed by atoms with Crippen molar-refractivity contribution in [3.63, 3.8) is 0 Å². The first kappa shape index (κ1) is 11.0. The highest BCUT2D eigenvalue weighted by Gasteiger charge is 2.07. The largest absolute Gasteiger partial charge is 0.383 e. The van der Waals surface area contributed by atoms with E-state index < -0.39 is 11.6 Å². The van der Waals surface area contributed by atoms with Crippen LogP contribution in [0, 0.1) is 18.6 Å². The molecular weight excluding hydrogens is 230 g/mol. The fraction of sp³-hybridized carbons (Fsp3) is 0.182. The van der Waals surface area contributed by atoms with Crippen molar-refractivity contribution in [2.45, 2.75) is 13.3 Å². The maximum absolute atomic E-state index is 12.9. The lowest BCUT2D eigenvalue weighted by Gasteiger charge is -1.98. The molecule has 0 saturated heterocycles. The Labute approximate surface area is 95.7 Å². The second-order valence-corrected chi connectivity index (χ2v) is 4.79. The molecule has 16 heavy (non-hydrogen) atoms. The van der Waals surface area contributed by atoms with Crippen molar-refractivity contribution < 1.29 is 8.78 Å². The highest BCUT2D eigenvalue weighted by molar-refractivity contribution is 7.12. The number of hydrogen-bond acceptors (Lipinski definition) is 3. The molecule has 0 aliphatic rings. The van der Waals surface area contributed by atoms with Crippen molar-refractivity contribution in [1.82, 2.24) is 4.98 Å². The molecule has 84 valence electrons. The van der Waals surface area contributed by atoms with Crippen molar-refractivity contribution in [3.05, 3.63) is 45.3 Å². The number of halogens is 2. The Kier molecular flexibility index (Phi) is 2.87. The molecule has 1 aromatic carbocycles. The first-order valence-electron chi connectivity index (χ1n) is 4.71. The molecule has 0 radical (unpaired) electrons. The van der Waals surface area contributed by atoms with E-state index in [2.05, 4.69) is 4.98 Å². The van der Waals surface area contributed by atoms with E-state index in [-0.39, 0.29) is 0 Å². The molecule has 2 rings (SSSR count). The Morgan fingerprint density at radius 2 is 1.88 bits per heavy atom. The lowest BCUT2D eigenvalue weighted by atomic mass is 10.1. The molecule has 1 heterocycles. The zero-order valence-electron chi connectivity index (χ0n) is 8.63. The molecule has 0 unspecified atom stereocenters. The van der Waals surface area contributed by atoms with Gasteiger partial charge in [0.2, 0.25) is 0 Å². The van der Waals surface area contributed by atoms with Crippen LogP contribution in [0.2, 0.25) is 0 Å². The maximum Gasteiger partial charge on any atom is 0.137 e. The van der Waals surface area contributed by atoms with Gasteiger partial charge in [0.05, 0.1) is 5.01 Å². The van der Waals surface area contributed by atoms with E-state index in [4.69, 9.17) is 5.73 Å². The smallest absolute Gasteiger partial charge is 0.137 e. The molecule has 2 nitrogen and oxygen atoms in total. The molecule has 2 N–H and O–H groups in total. The third-order valence-corrected chi connectivity index (χ3v) is 3.14. The van der Waals surface area contributed by atoms with E-state index in [9.17, 15) is 8.78 Å². The summed E-state index contributed by atoms with van der Waals surface area (Å²) in [5, 5.41) is 0.764. The monoisotopic (exact) mass is 240 g/mol. The van der Waals surface area contributed by atoms with Gasteiger partial charge in [-0.25, -0.2) is 13.8 Å². The van der Waals surface area contributed by atoms with Crippen LogP contribution >= 0.6 is 11.3 Å². The topological polar surface area (TPSA) is 38.9 Å². The number of rotatable bonds is 2. The number of anilines is 1. The van der Waals surface area contributed by atoms with Gasteiger partial charge in [-0.1, -0.05) is 0 Å². The second kappa shape index (κ2) is 4.17. The predicted octanol–water partition coefficient (Wildman–Crippen LogP) is 2.90. The molecule has 0 aliphatic carbocycles. The minimum Gasteiger partial charge on any atom is -0.383 e. The summed E-state index contributed by atoms with van der Waals surface area (Å²) in [6, 6.07) is 3.46. The van der Waals surface area contributed by atoms with Gasteiger partial charge in [-0.05, 0) is 24.6 Å². The van der Waals surface area contributed by atoms with Crippen molar-refractivity contribution in [2.24, 2.45) is 0 Å². The van der Waals surface area contributed by atoms with Crippen LogP contribution in [0.25, 0.3) is 0 Å². The third kappa shape index (κ3) is 2.36. The van der Waals surface area contributed by atoms with Gasteiger partial charge in [-0.3, -0.25) is 0 Å². The van der Waals surface area contributed by atoms with Gasteiger partial charge in [0, 0.05) is 17.4 Å². The van der Waals surface area contributed by atoms with Gasteiger partial charge in [-0.15, -0.1) is 11.3 Å². The van der Waals surface area contributed by atoms with E-state index in [0.717, 1.165) is 16.0 Å². The number of nitrogen functional groups attached to an aromatic ring is 1. The first-order valence-corrected chi connectivity index (χ1v) is 5.53. The molecule has 0 saturated carbocycles. The van der Waals surface area contributed by atoms with E-state index in [1.165, 1.54) is 23.5 Å². The molecule has 2 aromatic rings. The summed E-state index contributed by atoms with van der Waals surface area (Å²) in [4.78, 5) is 5.04. The first-order chi connectivity index (χ1) is 7.54. The van der Waals surface area contributed by atoms with Gasteiger partial charge >= 0.3 is 0 Å². The number of aryl methyl sites for hydroxylation is 1. The maximum atomic E-state index is 12.9. The van der Waals surface area contributed by atoms with Crippen LogP contribution in [0.4, 0.5) is 14.6 Å². The average molecular weight is 240 g/mol. The van der Waals surface area contributed by atoms with Gasteiger partial charge < -0.3 is 5.73 Å². The highest BCUT2D eigenvalue weighted by atomic mass is 32.1. The van der Waals surface area contributed by atoms with Gasteiger partial charge in [0.15, 0.2) is 0 Å². The number of nitrogens with zero attached hydrogens (tertiary/aromatic N) is 1. The van der Waals surface area contributed by atoms with E-state index in [1.807, 2.05) is 6.92 Å². The molecule has 1 aromatic heterocycles. The Morgan fingerprint density at radius 1 is 1.25 bits per heavy atom. The lowest BCUT2D eigenvalue weighted by molar-refractivity contribution is 0.580. The molecular formula is C11H10F2N2S. The van der Waals surface area contributed by atoms with Crippen molar-refractivity contribution in [2.75, 3.05) is 5.73 Å². The summed E-state index contributed by atoms with van der Waals surface area (Å²) in [5.41, 5.74) is 6.17. The lowest BCUT2D eigenvalue weighted by Crippen LogP contribution is -1.92. The molecule has 0 atom stereocenters. The van der Waals surface area contributed by atoms with Crippen LogP contribution < -0.4 is 5.73 Å².